The lowest BCUT2D eigenvalue weighted by atomic mass is 10.1. The number of aromatic nitrogens is 1. The maximum absolute atomic E-state index is 12.0. The first-order valence-electron chi connectivity index (χ1n) is 12.4. The van der Waals surface area contributed by atoms with Crippen molar-refractivity contribution < 1.29 is 4.79 Å². The number of nitrogens with zero attached hydrogens (tertiary/aromatic N) is 1. The Morgan fingerprint density at radius 2 is 1.32 bits per heavy atom. The fourth-order valence-electron chi connectivity index (χ4n) is 2.84. The second kappa shape index (κ2) is 24.1. The molecule has 0 aliphatic carbocycles. The highest BCUT2D eigenvalue weighted by molar-refractivity contribution is 8.76. The molecule has 0 saturated carbocycles. The van der Waals surface area contributed by atoms with Gasteiger partial charge in [0.15, 0.2) is 0 Å². The fourth-order valence-corrected chi connectivity index (χ4v) is 4.80. The van der Waals surface area contributed by atoms with Gasteiger partial charge in [0.25, 0.3) is 0 Å². The molecular formula is C30H41NOS2. The zero-order chi connectivity index (χ0) is 24.4. The van der Waals surface area contributed by atoms with Crippen molar-refractivity contribution >= 4 is 27.4 Å². The van der Waals surface area contributed by atoms with Crippen LogP contribution in [-0.4, -0.2) is 16.5 Å². The summed E-state index contributed by atoms with van der Waals surface area (Å²) in [6.07, 6.45) is 37.4. The largest absolute Gasteiger partial charge is 0.300 e. The molecule has 0 amide bonds. The maximum Gasteiger partial charge on any atom is 0.133 e. The molecule has 0 radical (unpaired) electrons. The summed E-state index contributed by atoms with van der Waals surface area (Å²) < 4.78 is 0. The highest BCUT2D eigenvalue weighted by Crippen LogP contribution is 2.29. The summed E-state index contributed by atoms with van der Waals surface area (Å²) in [5.74, 6) is 1.34. The van der Waals surface area contributed by atoms with Crippen LogP contribution >= 0.6 is 21.6 Å². The average Bonchev–Trinajstić information content (AvgIpc) is 2.86. The molecule has 1 rings (SSSR count). The highest BCUT2D eigenvalue weighted by atomic mass is 33.1. The molecule has 4 heteroatoms. The molecule has 0 saturated heterocycles. The second-order valence-electron chi connectivity index (χ2n) is 7.67. The highest BCUT2D eigenvalue weighted by Gasteiger charge is 2.01. The Hall–Kier alpha value is -2.04. The first kappa shape index (κ1) is 30.0. The summed E-state index contributed by atoms with van der Waals surface area (Å²) in [5.41, 5.74) is 0. The third-order valence-corrected chi connectivity index (χ3v) is 7.00. The number of hydrogen-bond acceptors (Lipinski definition) is 4. The molecular weight excluding hydrogens is 454 g/mol. The lowest BCUT2D eigenvalue weighted by Crippen LogP contribution is -1.97. The summed E-state index contributed by atoms with van der Waals surface area (Å²) >= 11 is 0. The van der Waals surface area contributed by atoms with E-state index in [1.165, 1.54) is 0 Å². The molecule has 0 fully saturated rings. The fraction of sp³-hybridized carbons (Fsp3) is 0.400. The van der Waals surface area contributed by atoms with Gasteiger partial charge in [0.05, 0.1) is 0 Å². The predicted molar refractivity (Wildman–Crippen MR) is 154 cm³/mol. The normalized spacial score (nSPS) is 12.6. The quantitative estimate of drug-likeness (QED) is 0.102. The molecule has 0 aliphatic rings. The predicted octanol–water partition coefficient (Wildman–Crippen LogP) is 9.65. The van der Waals surface area contributed by atoms with Crippen LogP contribution in [-0.2, 0) is 4.79 Å². The van der Waals surface area contributed by atoms with E-state index in [9.17, 15) is 4.79 Å². The van der Waals surface area contributed by atoms with Gasteiger partial charge in [-0.2, -0.15) is 0 Å². The van der Waals surface area contributed by atoms with Crippen LogP contribution in [0.15, 0.2) is 102 Å². The summed E-state index contributed by atoms with van der Waals surface area (Å²) in [6, 6.07) is 5.93. The van der Waals surface area contributed by atoms with Crippen LogP contribution in [0.1, 0.15) is 71.1 Å². The molecule has 0 unspecified atom stereocenters. The van der Waals surface area contributed by atoms with E-state index < -0.39 is 0 Å². The Morgan fingerprint density at radius 3 is 1.85 bits per heavy atom. The molecule has 2 nitrogen and oxygen atoms in total. The molecule has 0 N–H and O–H groups in total. The van der Waals surface area contributed by atoms with Crippen molar-refractivity contribution in [2.75, 3.05) is 5.75 Å². The first-order valence-corrected chi connectivity index (χ1v) is 14.8. The van der Waals surface area contributed by atoms with E-state index in [0.717, 1.165) is 62.1 Å². The van der Waals surface area contributed by atoms with Crippen LogP contribution in [0.5, 0.6) is 0 Å². The van der Waals surface area contributed by atoms with Gasteiger partial charge in [-0.3, -0.25) is 4.79 Å². The topological polar surface area (TPSA) is 30.0 Å². The van der Waals surface area contributed by atoms with Crippen molar-refractivity contribution in [3.8, 4) is 0 Å². The Labute approximate surface area is 215 Å². The average molecular weight is 496 g/mol. The van der Waals surface area contributed by atoms with E-state index in [1.807, 2.05) is 24.4 Å². The van der Waals surface area contributed by atoms with Gasteiger partial charge in [-0.05, 0) is 74.3 Å². The van der Waals surface area contributed by atoms with Crippen molar-refractivity contribution in [3.63, 3.8) is 0 Å². The van der Waals surface area contributed by atoms with E-state index >= 15 is 0 Å². The van der Waals surface area contributed by atoms with Crippen LogP contribution in [0.4, 0.5) is 0 Å². The first-order chi connectivity index (χ1) is 16.8. The van der Waals surface area contributed by atoms with Gasteiger partial charge in [0, 0.05) is 24.8 Å². The number of pyridine rings is 1. The Bertz CT molecular complexity index is 791. The molecule has 1 heterocycles. The van der Waals surface area contributed by atoms with Gasteiger partial charge in [0.2, 0.25) is 0 Å². The molecule has 0 spiro atoms. The summed E-state index contributed by atoms with van der Waals surface area (Å²) in [5, 5.41) is 1.02. The summed E-state index contributed by atoms with van der Waals surface area (Å²) in [4.78, 5) is 16.2. The smallest absolute Gasteiger partial charge is 0.133 e. The van der Waals surface area contributed by atoms with Crippen molar-refractivity contribution in [3.05, 3.63) is 97.3 Å². The van der Waals surface area contributed by atoms with Crippen molar-refractivity contribution in [2.45, 2.75) is 76.2 Å². The number of carbonyl (C=O) groups excluding carboxylic acids is 1. The van der Waals surface area contributed by atoms with Gasteiger partial charge in [-0.1, -0.05) is 96.7 Å². The minimum absolute atomic E-state index is 0.364. The van der Waals surface area contributed by atoms with Crippen LogP contribution in [0.3, 0.4) is 0 Å². The van der Waals surface area contributed by atoms with E-state index in [-0.39, 0.29) is 0 Å². The SMILES string of the molecule is CC/C=C\C/C=C\C/C=C\C/C=C\C/C=C\C/C=C\CCC(=O)CCCSSc1ccccn1. The lowest BCUT2D eigenvalue weighted by molar-refractivity contribution is -0.119. The number of Topliss-reactive ketones (excluding diaryl/α,β-unsaturated/α-hetero) is 1. The van der Waals surface area contributed by atoms with E-state index in [4.69, 9.17) is 0 Å². The van der Waals surface area contributed by atoms with Gasteiger partial charge in [-0.25, -0.2) is 4.98 Å². The molecule has 184 valence electrons. The number of carbonyl (C=O) groups is 1. The molecule has 1 aromatic heterocycles. The van der Waals surface area contributed by atoms with Gasteiger partial charge < -0.3 is 0 Å². The number of hydrogen-bond donors (Lipinski definition) is 0. The summed E-state index contributed by atoms with van der Waals surface area (Å²) in [7, 11) is 3.45. The van der Waals surface area contributed by atoms with E-state index in [0.29, 0.717) is 18.6 Å². The standard InChI is InChI=1S/C30H41NOS2/c1-2-3-4-5-6-7-8-9-10-11-12-13-14-15-16-17-18-19-20-24-29(32)25-23-28-33-34-30-26-21-22-27-31-30/h3-4,6-7,9-10,12-13,15-16,18-19,21-22,26-27H,2,5,8,11,14,17,20,23-25,28H2,1H3/b4-3-,7-6-,10-9-,13-12-,16-15-,19-18-. The Balaban J connectivity index is 1.92. The molecule has 0 aliphatic heterocycles. The van der Waals surface area contributed by atoms with Crippen LogP contribution in [0, 0.1) is 0 Å². The maximum atomic E-state index is 12.0. The molecule has 0 atom stereocenters. The van der Waals surface area contributed by atoms with Crippen molar-refractivity contribution in [2.24, 2.45) is 0 Å². The van der Waals surface area contributed by atoms with Crippen LogP contribution in [0.2, 0.25) is 0 Å². The van der Waals surface area contributed by atoms with E-state index in [2.05, 4.69) is 84.8 Å². The minimum Gasteiger partial charge on any atom is -0.300 e. The molecule has 1 aromatic rings. The molecule has 0 bridgehead atoms. The van der Waals surface area contributed by atoms with Crippen molar-refractivity contribution in [1.29, 1.82) is 0 Å². The Kier molecular flexibility index (Phi) is 21.3. The number of allylic oxidation sites excluding steroid dienone is 12. The van der Waals surface area contributed by atoms with Crippen LogP contribution in [0.25, 0.3) is 0 Å². The zero-order valence-corrected chi connectivity index (χ0v) is 22.3. The monoisotopic (exact) mass is 495 g/mol. The van der Waals surface area contributed by atoms with Crippen molar-refractivity contribution in [1.82, 2.24) is 4.98 Å². The van der Waals surface area contributed by atoms with Gasteiger partial charge in [-0.15, -0.1) is 0 Å². The van der Waals surface area contributed by atoms with Gasteiger partial charge >= 0.3 is 0 Å². The van der Waals surface area contributed by atoms with E-state index in [1.54, 1.807) is 21.6 Å². The zero-order valence-electron chi connectivity index (χ0n) is 20.7. The van der Waals surface area contributed by atoms with Gasteiger partial charge in [0.1, 0.15) is 10.8 Å². The lowest BCUT2D eigenvalue weighted by Gasteiger charge is -2.00. The third kappa shape index (κ3) is 20.6. The Morgan fingerprint density at radius 1 is 0.765 bits per heavy atom. The second-order valence-corrected chi connectivity index (χ2v) is 10.1. The number of ketones is 1. The molecule has 34 heavy (non-hydrogen) atoms. The minimum atomic E-state index is 0.364. The summed E-state index contributed by atoms with van der Waals surface area (Å²) in [6.45, 7) is 2.16. The third-order valence-electron chi connectivity index (χ3n) is 4.65. The number of rotatable bonds is 20. The molecule has 0 aromatic carbocycles. The van der Waals surface area contributed by atoms with Crippen LogP contribution < -0.4 is 0 Å².